The standard InChI is InChI=1S/C27H36N2O4S/c1-5-14-32-18-22(30)16-28(6-2)17-27(31)29-13-11-26-24(12-15-34-26)25(29)19-33-23-9-7-21(8-10-23)20(3)4/h1,7-10,12,15,20,22,25,30H,6,11,13-14,16-19H2,2-4H3/t22-,25+/m1/s1. The molecule has 1 amide bonds. The van der Waals surface area contributed by atoms with Gasteiger partial charge in [-0.25, -0.2) is 0 Å². The first-order valence-electron chi connectivity index (χ1n) is 11.9. The van der Waals surface area contributed by atoms with Gasteiger partial charge < -0.3 is 19.5 Å². The number of aliphatic hydroxyl groups is 1. The predicted molar refractivity (Wildman–Crippen MR) is 136 cm³/mol. The molecule has 2 atom stereocenters. The minimum atomic E-state index is -0.695. The quantitative estimate of drug-likeness (QED) is 0.368. The number of carbonyl (C=O) groups excluding carboxylic acids is 1. The highest BCUT2D eigenvalue weighted by Crippen LogP contribution is 2.34. The maximum Gasteiger partial charge on any atom is 0.237 e. The van der Waals surface area contributed by atoms with Gasteiger partial charge in [-0.15, -0.1) is 17.8 Å². The Hall–Kier alpha value is -2.37. The number of thiophene rings is 1. The van der Waals surface area contributed by atoms with Crippen molar-refractivity contribution in [2.24, 2.45) is 0 Å². The summed E-state index contributed by atoms with van der Waals surface area (Å²) in [5.74, 6) is 3.71. The number of terminal acetylenes is 1. The zero-order chi connectivity index (χ0) is 24.5. The van der Waals surface area contributed by atoms with E-state index >= 15 is 0 Å². The molecule has 3 rings (SSSR count). The third-order valence-electron chi connectivity index (χ3n) is 6.14. The molecule has 7 heteroatoms. The minimum Gasteiger partial charge on any atom is -0.491 e. The second-order valence-corrected chi connectivity index (χ2v) is 9.89. The molecule has 1 aromatic heterocycles. The van der Waals surface area contributed by atoms with Crippen LogP contribution in [0.3, 0.4) is 0 Å². The molecule has 0 saturated heterocycles. The molecule has 1 aromatic carbocycles. The van der Waals surface area contributed by atoms with Crippen molar-refractivity contribution in [3.8, 4) is 18.1 Å². The molecule has 0 fully saturated rings. The Morgan fingerprint density at radius 2 is 2.09 bits per heavy atom. The molecule has 0 aliphatic carbocycles. The van der Waals surface area contributed by atoms with Gasteiger partial charge >= 0.3 is 0 Å². The maximum atomic E-state index is 13.4. The van der Waals surface area contributed by atoms with Crippen molar-refractivity contribution >= 4 is 17.2 Å². The van der Waals surface area contributed by atoms with Crippen molar-refractivity contribution in [2.75, 3.05) is 46.0 Å². The number of hydrogen-bond acceptors (Lipinski definition) is 6. The van der Waals surface area contributed by atoms with E-state index in [1.54, 1.807) is 11.3 Å². The van der Waals surface area contributed by atoms with Crippen molar-refractivity contribution in [3.05, 3.63) is 51.7 Å². The third-order valence-corrected chi connectivity index (χ3v) is 7.14. The summed E-state index contributed by atoms with van der Waals surface area (Å²) in [4.78, 5) is 18.6. The predicted octanol–water partition coefficient (Wildman–Crippen LogP) is 3.71. The molecule has 0 bridgehead atoms. The molecular weight excluding hydrogens is 448 g/mol. The normalized spacial score (nSPS) is 16.4. The van der Waals surface area contributed by atoms with E-state index < -0.39 is 6.10 Å². The number of carbonyl (C=O) groups is 1. The fourth-order valence-corrected chi connectivity index (χ4v) is 5.12. The summed E-state index contributed by atoms with van der Waals surface area (Å²) in [5, 5.41) is 12.3. The highest BCUT2D eigenvalue weighted by Gasteiger charge is 2.33. The van der Waals surface area contributed by atoms with E-state index in [0.29, 0.717) is 32.2 Å². The SMILES string of the molecule is C#CCOC[C@H](O)CN(CC)CC(=O)N1CCc2sccc2[C@@H]1COc1ccc(C(C)C)cc1. The smallest absolute Gasteiger partial charge is 0.237 e. The van der Waals surface area contributed by atoms with Crippen LogP contribution < -0.4 is 4.74 Å². The molecule has 0 unspecified atom stereocenters. The number of benzene rings is 1. The lowest BCUT2D eigenvalue weighted by atomic mass is 10.00. The average molecular weight is 485 g/mol. The van der Waals surface area contributed by atoms with Crippen LogP contribution in [-0.2, 0) is 16.0 Å². The van der Waals surface area contributed by atoms with Crippen LogP contribution >= 0.6 is 11.3 Å². The van der Waals surface area contributed by atoms with E-state index in [4.69, 9.17) is 15.9 Å². The molecule has 34 heavy (non-hydrogen) atoms. The first kappa shape index (κ1) is 26.2. The van der Waals surface area contributed by atoms with E-state index in [0.717, 1.165) is 12.2 Å². The summed E-state index contributed by atoms with van der Waals surface area (Å²) in [6.07, 6.45) is 5.34. The topological polar surface area (TPSA) is 62.2 Å². The monoisotopic (exact) mass is 484 g/mol. The summed E-state index contributed by atoms with van der Waals surface area (Å²) in [6.45, 7) is 8.96. The fourth-order valence-electron chi connectivity index (χ4n) is 4.19. The summed E-state index contributed by atoms with van der Waals surface area (Å²) >= 11 is 1.74. The van der Waals surface area contributed by atoms with Crippen LogP contribution in [0.2, 0.25) is 0 Å². The van der Waals surface area contributed by atoms with Gasteiger partial charge in [-0.05, 0) is 53.6 Å². The van der Waals surface area contributed by atoms with E-state index in [1.807, 2.05) is 28.9 Å². The first-order chi connectivity index (χ1) is 16.4. The molecule has 1 N–H and O–H groups in total. The molecule has 2 aromatic rings. The Morgan fingerprint density at radius 3 is 2.76 bits per heavy atom. The number of nitrogens with zero attached hydrogens (tertiary/aromatic N) is 2. The Kier molecular flexibility index (Phi) is 9.97. The van der Waals surface area contributed by atoms with Crippen LogP contribution in [-0.4, -0.2) is 72.9 Å². The number of likely N-dealkylation sites (N-methyl/N-ethyl adjacent to an activating group) is 1. The van der Waals surface area contributed by atoms with Crippen LogP contribution in [0.15, 0.2) is 35.7 Å². The summed E-state index contributed by atoms with van der Waals surface area (Å²) in [6, 6.07) is 10.2. The molecule has 184 valence electrons. The van der Waals surface area contributed by atoms with E-state index in [9.17, 15) is 9.90 Å². The number of hydrogen-bond donors (Lipinski definition) is 1. The molecule has 1 aliphatic heterocycles. The zero-order valence-electron chi connectivity index (χ0n) is 20.4. The first-order valence-corrected chi connectivity index (χ1v) is 12.8. The van der Waals surface area contributed by atoms with Gasteiger partial charge in [0.2, 0.25) is 5.91 Å². The number of rotatable bonds is 12. The second kappa shape index (κ2) is 12.9. The highest BCUT2D eigenvalue weighted by atomic mass is 32.1. The Morgan fingerprint density at radius 1 is 1.32 bits per heavy atom. The third kappa shape index (κ3) is 7.07. The van der Waals surface area contributed by atoms with Crippen LogP contribution in [0.25, 0.3) is 0 Å². The Balaban J connectivity index is 1.65. The largest absolute Gasteiger partial charge is 0.491 e. The number of amides is 1. The van der Waals surface area contributed by atoms with Crippen molar-refractivity contribution in [1.29, 1.82) is 0 Å². The molecular formula is C27H36N2O4S. The van der Waals surface area contributed by atoms with Gasteiger partial charge in [-0.3, -0.25) is 9.69 Å². The number of ether oxygens (including phenoxy) is 2. The van der Waals surface area contributed by atoms with Gasteiger partial charge in [-0.1, -0.05) is 38.8 Å². The van der Waals surface area contributed by atoms with E-state index in [-0.39, 0.29) is 31.7 Å². The fraction of sp³-hybridized carbons (Fsp3) is 0.519. The molecule has 1 aliphatic rings. The van der Waals surface area contributed by atoms with Gasteiger partial charge in [-0.2, -0.15) is 0 Å². The molecule has 2 heterocycles. The lowest BCUT2D eigenvalue weighted by Gasteiger charge is -2.37. The van der Waals surface area contributed by atoms with Gasteiger partial charge in [0.05, 0.1) is 25.3 Å². The maximum absolute atomic E-state index is 13.4. The Labute approximate surface area is 207 Å². The van der Waals surface area contributed by atoms with Crippen molar-refractivity contribution in [1.82, 2.24) is 9.80 Å². The van der Waals surface area contributed by atoms with Crippen molar-refractivity contribution in [3.63, 3.8) is 0 Å². The van der Waals surface area contributed by atoms with E-state index in [2.05, 4.69) is 43.3 Å². The van der Waals surface area contributed by atoms with Crippen LogP contribution in [0.5, 0.6) is 5.75 Å². The molecule has 6 nitrogen and oxygen atoms in total. The summed E-state index contributed by atoms with van der Waals surface area (Å²) in [7, 11) is 0. The van der Waals surface area contributed by atoms with Gasteiger partial charge in [0, 0.05) is 18.0 Å². The number of fused-ring (bicyclic) bond motifs is 1. The lowest BCUT2D eigenvalue weighted by Crippen LogP contribution is -2.48. The van der Waals surface area contributed by atoms with Crippen LogP contribution in [0.1, 0.15) is 48.7 Å². The Bertz CT molecular complexity index is 950. The van der Waals surface area contributed by atoms with Gasteiger partial charge in [0.25, 0.3) is 0 Å². The van der Waals surface area contributed by atoms with Crippen LogP contribution in [0.4, 0.5) is 0 Å². The summed E-state index contributed by atoms with van der Waals surface area (Å²) in [5.41, 5.74) is 2.45. The second-order valence-electron chi connectivity index (χ2n) is 8.89. The number of aliphatic hydroxyl groups excluding tert-OH is 1. The molecule has 0 saturated carbocycles. The van der Waals surface area contributed by atoms with Gasteiger partial charge in [0.15, 0.2) is 0 Å². The highest BCUT2D eigenvalue weighted by molar-refractivity contribution is 7.10. The lowest BCUT2D eigenvalue weighted by molar-refractivity contribution is -0.136. The van der Waals surface area contributed by atoms with Gasteiger partial charge in [0.1, 0.15) is 19.0 Å². The minimum absolute atomic E-state index is 0.0409. The average Bonchev–Trinajstić information content (AvgIpc) is 3.31. The molecule has 0 spiro atoms. The van der Waals surface area contributed by atoms with Crippen molar-refractivity contribution in [2.45, 2.75) is 45.3 Å². The van der Waals surface area contributed by atoms with Crippen molar-refractivity contribution < 1.29 is 19.4 Å². The molecule has 0 radical (unpaired) electrons. The van der Waals surface area contributed by atoms with Crippen LogP contribution in [0, 0.1) is 12.3 Å². The zero-order valence-corrected chi connectivity index (χ0v) is 21.2. The van der Waals surface area contributed by atoms with E-state index in [1.165, 1.54) is 16.0 Å². The summed E-state index contributed by atoms with van der Waals surface area (Å²) < 4.78 is 11.4.